The van der Waals surface area contributed by atoms with Gasteiger partial charge < -0.3 is 19.7 Å². The molecule has 1 amide bonds. The van der Waals surface area contributed by atoms with Crippen LogP contribution in [0.25, 0.3) is 0 Å². The Morgan fingerprint density at radius 3 is 2.65 bits per heavy atom. The Balaban J connectivity index is 1.66. The highest BCUT2D eigenvalue weighted by atomic mass is 16.5. The summed E-state index contributed by atoms with van der Waals surface area (Å²) in [5, 5.41) is 9.48. The summed E-state index contributed by atoms with van der Waals surface area (Å²) in [7, 11) is 3.27. The molecule has 23 heavy (non-hydrogen) atoms. The standard InChI is InChI=1S/C16H20N4O3/c1-22-14-5-13(6-15(7-14)23-2)20-4-3-12(10-20)19-16(21)11-8-17-18-9-11/h5-9,12H,3-4,10H2,1-2H3,(H,17,18)(H,19,21)/t12-/m1/s1. The second kappa shape index (κ2) is 6.60. The molecule has 1 aromatic heterocycles. The van der Waals surface area contributed by atoms with Crippen molar-refractivity contribution < 1.29 is 14.3 Å². The number of methoxy groups -OCH3 is 2. The van der Waals surface area contributed by atoms with E-state index in [1.54, 1.807) is 20.4 Å². The molecule has 1 aliphatic rings. The van der Waals surface area contributed by atoms with Gasteiger partial charge in [0.25, 0.3) is 5.91 Å². The summed E-state index contributed by atoms with van der Waals surface area (Å²) >= 11 is 0. The summed E-state index contributed by atoms with van der Waals surface area (Å²) in [6, 6.07) is 5.90. The number of nitrogens with one attached hydrogen (secondary N) is 2. The zero-order valence-corrected chi connectivity index (χ0v) is 13.2. The molecule has 2 heterocycles. The number of anilines is 1. The van der Waals surface area contributed by atoms with E-state index in [1.165, 1.54) is 6.20 Å². The van der Waals surface area contributed by atoms with Gasteiger partial charge in [0.1, 0.15) is 11.5 Å². The molecule has 1 atom stereocenters. The molecule has 0 saturated carbocycles. The number of carbonyl (C=O) groups excluding carboxylic acids is 1. The highest BCUT2D eigenvalue weighted by Crippen LogP contribution is 2.30. The molecule has 3 rings (SSSR count). The third-order valence-corrected chi connectivity index (χ3v) is 3.99. The topological polar surface area (TPSA) is 79.5 Å². The SMILES string of the molecule is COc1cc(OC)cc(N2CC[C@@H](NC(=O)c3cn[nH]c3)C2)c1. The van der Waals surface area contributed by atoms with Gasteiger partial charge in [-0.1, -0.05) is 0 Å². The van der Waals surface area contributed by atoms with Gasteiger partial charge in [-0.25, -0.2) is 0 Å². The van der Waals surface area contributed by atoms with Gasteiger partial charge in [0.2, 0.25) is 0 Å². The molecule has 0 aliphatic carbocycles. The van der Waals surface area contributed by atoms with Crippen molar-refractivity contribution in [3.05, 3.63) is 36.2 Å². The number of ether oxygens (including phenoxy) is 2. The fourth-order valence-corrected chi connectivity index (χ4v) is 2.73. The van der Waals surface area contributed by atoms with Crippen molar-refractivity contribution in [2.45, 2.75) is 12.5 Å². The summed E-state index contributed by atoms with van der Waals surface area (Å²) in [5.74, 6) is 1.41. The number of aromatic nitrogens is 2. The number of aromatic amines is 1. The molecule has 0 unspecified atom stereocenters. The minimum absolute atomic E-state index is 0.103. The van der Waals surface area contributed by atoms with E-state index in [9.17, 15) is 4.79 Å². The first-order valence-corrected chi connectivity index (χ1v) is 7.47. The van der Waals surface area contributed by atoms with Crippen LogP contribution in [0.15, 0.2) is 30.6 Å². The van der Waals surface area contributed by atoms with E-state index in [2.05, 4.69) is 20.4 Å². The van der Waals surface area contributed by atoms with Crippen molar-refractivity contribution in [2.24, 2.45) is 0 Å². The second-order valence-electron chi connectivity index (χ2n) is 5.46. The zero-order chi connectivity index (χ0) is 16.2. The van der Waals surface area contributed by atoms with Crippen LogP contribution < -0.4 is 19.7 Å². The fraction of sp³-hybridized carbons (Fsp3) is 0.375. The van der Waals surface area contributed by atoms with E-state index in [0.717, 1.165) is 36.7 Å². The zero-order valence-electron chi connectivity index (χ0n) is 13.2. The highest BCUT2D eigenvalue weighted by molar-refractivity contribution is 5.93. The van der Waals surface area contributed by atoms with Crippen LogP contribution in [0, 0.1) is 0 Å². The number of rotatable bonds is 5. The van der Waals surface area contributed by atoms with Crippen LogP contribution >= 0.6 is 0 Å². The third kappa shape index (κ3) is 3.39. The van der Waals surface area contributed by atoms with Crippen molar-refractivity contribution in [1.29, 1.82) is 0 Å². The third-order valence-electron chi connectivity index (χ3n) is 3.99. The molecule has 0 bridgehead atoms. The fourth-order valence-electron chi connectivity index (χ4n) is 2.73. The van der Waals surface area contributed by atoms with Crippen LogP contribution in [-0.4, -0.2) is 49.5 Å². The number of hydrogen-bond donors (Lipinski definition) is 2. The van der Waals surface area contributed by atoms with Gasteiger partial charge in [-0.3, -0.25) is 9.89 Å². The predicted octanol–water partition coefficient (Wildman–Crippen LogP) is 1.44. The van der Waals surface area contributed by atoms with Gasteiger partial charge in [-0.2, -0.15) is 5.10 Å². The van der Waals surface area contributed by atoms with Crippen LogP contribution in [0.3, 0.4) is 0 Å². The molecule has 2 N–H and O–H groups in total. The van der Waals surface area contributed by atoms with E-state index < -0.39 is 0 Å². The summed E-state index contributed by atoms with van der Waals surface area (Å²) < 4.78 is 10.6. The van der Waals surface area contributed by atoms with Crippen LogP contribution in [0.4, 0.5) is 5.69 Å². The van der Waals surface area contributed by atoms with Crippen LogP contribution in [0.1, 0.15) is 16.8 Å². The number of benzene rings is 1. The van der Waals surface area contributed by atoms with E-state index in [1.807, 2.05) is 18.2 Å². The summed E-state index contributed by atoms with van der Waals surface area (Å²) in [6.07, 6.45) is 4.01. The average Bonchev–Trinajstić information content (AvgIpc) is 3.26. The van der Waals surface area contributed by atoms with Crippen LogP contribution in [0.2, 0.25) is 0 Å². The van der Waals surface area contributed by atoms with Crippen LogP contribution in [0.5, 0.6) is 11.5 Å². The molecule has 122 valence electrons. The Bertz CT molecular complexity index is 650. The molecule has 1 fully saturated rings. The lowest BCUT2D eigenvalue weighted by atomic mass is 10.2. The first kappa shape index (κ1) is 15.2. The van der Waals surface area contributed by atoms with Gasteiger partial charge >= 0.3 is 0 Å². The molecule has 7 nitrogen and oxygen atoms in total. The number of hydrogen-bond acceptors (Lipinski definition) is 5. The second-order valence-corrected chi connectivity index (χ2v) is 5.46. The maximum absolute atomic E-state index is 12.1. The van der Waals surface area contributed by atoms with Crippen molar-refractivity contribution in [1.82, 2.24) is 15.5 Å². The Morgan fingerprint density at radius 2 is 2.04 bits per heavy atom. The summed E-state index contributed by atoms with van der Waals surface area (Å²) in [4.78, 5) is 14.3. The van der Waals surface area contributed by atoms with E-state index in [-0.39, 0.29) is 11.9 Å². The minimum atomic E-state index is -0.103. The summed E-state index contributed by atoms with van der Waals surface area (Å²) in [6.45, 7) is 1.62. The normalized spacial score (nSPS) is 17.1. The Kier molecular flexibility index (Phi) is 4.36. The molecule has 1 saturated heterocycles. The Hall–Kier alpha value is -2.70. The first-order valence-electron chi connectivity index (χ1n) is 7.47. The first-order chi connectivity index (χ1) is 11.2. The van der Waals surface area contributed by atoms with Gasteiger partial charge in [-0.05, 0) is 6.42 Å². The Morgan fingerprint density at radius 1 is 1.30 bits per heavy atom. The summed E-state index contributed by atoms with van der Waals surface area (Å²) in [5.41, 5.74) is 1.58. The lowest BCUT2D eigenvalue weighted by molar-refractivity contribution is 0.0940. The van der Waals surface area contributed by atoms with E-state index in [0.29, 0.717) is 5.56 Å². The maximum Gasteiger partial charge on any atom is 0.254 e. The molecule has 0 radical (unpaired) electrons. The maximum atomic E-state index is 12.1. The molecule has 1 aliphatic heterocycles. The quantitative estimate of drug-likeness (QED) is 0.872. The smallest absolute Gasteiger partial charge is 0.254 e. The van der Waals surface area contributed by atoms with Crippen molar-refractivity contribution in [3.8, 4) is 11.5 Å². The van der Waals surface area contributed by atoms with Gasteiger partial charge in [0.15, 0.2) is 0 Å². The number of nitrogens with zero attached hydrogens (tertiary/aromatic N) is 2. The lowest BCUT2D eigenvalue weighted by Crippen LogP contribution is -2.36. The molecular weight excluding hydrogens is 296 g/mol. The Labute approximate surface area is 134 Å². The molecule has 1 aromatic carbocycles. The van der Waals surface area contributed by atoms with Crippen molar-refractivity contribution in [2.75, 3.05) is 32.2 Å². The number of carbonyl (C=O) groups is 1. The van der Waals surface area contributed by atoms with Crippen molar-refractivity contribution in [3.63, 3.8) is 0 Å². The van der Waals surface area contributed by atoms with Crippen molar-refractivity contribution >= 4 is 11.6 Å². The van der Waals surface area contributed by atoms with Gasteiger partial charge in [0, 0.05) is 49.2 Å². The van der Waals surface area contributed by atoms with Gasteiger partial charge in [0.05, 0.1) is 26.0 Å². The molecule has 2 aromatic rings. The number of H-pyrrole nitrogens is 1. The van der Waals surface area contributed by atoms with E-state index in [4.69, 9.17) is 9.47 Å². The minimum Gasteiger partial charge on any atom is -0.497 e. The predicted molar refractivity (Wildman–Crippen MR) is 86.2 cm³/mol. The van der Waals surface area contributed by atoms with E-state index >= 15 is 0 Å². The molecular formula is C16H20N4O3. The number of amides is 1. The average molecular weight is 316 g/mol. The van der Waals surface area contributed by atoms with Crippen LogP contribution in [-0.2, 0) is 0 Å². The largest absolute Gasteiger partial charge is 0.497 e. The molecule has 7 heteroatoms. The highest BCUT2D eigenvalue weighted by Gasteiger charge is 2.25. The van der Waals surface area contributed by atoms with Gasteiger partial charge in [-0.15, -0.1) is 0 Å². The molecule has 0 spiro atoms. The lowest BCUT2D eigenvalue weighted by Gasteiger charge is -2.20. The monoisotopic (exact) mass is 316 g/mol.